The summed E-state index contributed by atoms with van der Waals surface area (Å²) in [5, 5.41) is 3.93. The number of amides is 1. The molecule has 0 saturated carbocycles. The van der Waals surface area contributed by atoms with Crippen molar-refractivity contribution < 1.29 is 4.79 Å². The minimum Gasteiger partial charge on any atom is -0.350 e. The second-order valence-corrected chi connectivity index (χ2v) is 4.51. The fourth-order valence-corrected chi connectivity index (χ4v) is 1.83. The molecule has 0 aliphatic rings. The van der Waals surface area contributed by atoms with Gasteiger partial charge in [0.25, 0.3) is 0 Å². The predicted octanol–water partition coefficient (Wildman–Crippen LogP) is 2.82. The van der Waals surface area contributed by atoms with Gasteiger partial charge in [-0.2, -0.15) is 0 Å². The van der Waals surface area contributed by atoms with E-state index in [-0.39, 0.29) is 11.9 Å². The van der Waals surface area contributed by atoms with Gasteiger partial charge in [0.1, 0.15) is 0 Å². The minimum absolute atomic E-state index is 0.0551. The third-order valence-electron chi connectivity index (χ3n) is 2.37. The number of nitrogens with zero attached hydrogens (tertiary/aromatic N) is 1. The maximum atomic E-state index is 11.6. The number of hydrogen-bond acceptors (Lipinski definition) is 2. The molecular weight excluding hydrogens is 268 g/mol. The molecule has 0 aromatic carbocycles. The first-order valence-corrected chi connectivity index (χ1v) is 6.61. The number of halogens is 1. The van der Waals surface area contributed by atoms with E-state index in [0.717, 1.165) is 23.7 Å². The van der Waals surface area contributed by atoms with E-state index in [2.05, 4.69) is 26.2 Å². The zero-order valence-corrected chi connectivity index (χ0v) is 11.0. The Balaban J connectivity index is 2.34. The van der Waals surface area contributed by atoms with Gasteiger partial charge in [0.15, 0.2) is 0 Å². The highest BCUT2D eigenvalue weighted by atomic mass is 79.9. The summed E-state index contributed by atoms with van der Waals surface area (Å²) in [5.74, 6) is 0.116. The fraction of sp³-hybridized carbons (Fsp3) is 0.500. The quantitative estimate of drug-likeness (QED) is 0.645. The molecule has 1 aromatic rings. The van der Waals surface area contributed by atoms with Crippen molar-refractivity contribution in [1.82, 2.24) is 10.3 Å². The first-order chi connectivity index (χ1) is 7.74. The van der Waals surface area contributed by atoms with Gasteiger partial charge in [0.2, 0.25) is 5.91 Å². The monoisotopic (exact) mass is 284 g/mol. The number of alkyl halides is 1. The van der Waals surface area contributed by atoms with E-state index in [1.807, 2.05) is 19.1 Å². The van der Waals surface area contributed by atoms with Gasteiger partial charge in [-0.1, -0.05) is 15.9 Å². The first kappa shape index (κ1) is 13.2. The molecule has 0 fully saturated rings. The molecule has 0 unspecified atom stereocenters. The zero-order chi connectivity index (χ0) is 11.8. The summed E-state index contributed by atoms with van der Waals surface area (Å²) in [7, 11) is 0. The normalized spacial score (nSPS) is 12.1. The molecule has 0 saturated heterocycles. The summed E-state index contributed by atoms with van der Waals surface area (Å²) in [5.41, 5.74) is 1.09. The lowest BCUT2D eigenvalue weighted by Gasteiger charge is -2.13. The molecule has 1 heterocycles. The summed E-state index contributed by atoms with van der Waals surface area (Å²) < 4.78 is 0. The molecule has 0 aliphatic carbocycles. The van der Waals surface area contributed by atoms with Gasteiger partial charge in [-0.25, -0.2) is 0 Å². The Morgan fingerprint density at radius 3 is 2.75 bits per heavy atom. The average Bonchev–Trinajstić information content (AvgIpc) is 2.30. The van der Waals surface area contributed by atoms with E-state index >= 15 is 0 Å². The summed E-state index contributed by atoms with van der Waals surface area (Å²) in [6, 6.07) is 3.90. The van der Waals surface area contributed by atoms with Crippen molar-refractivity contribution in [3.63, 3.8) is 0 Å². The van der Waals surface area contributed by atoms with Crippen molar-refractivity contribution in [2.45, 2.75) is 32.2 Å². The van der Waals surface area contributed by atoms with Crippen molar-refractivity contribution >= 4 is 21.8 Å². The van der Waals surface area contributed by atoms with Crippen LogP contribution in [0, 0.1) is 0 Å². The molecule has 16 heavy (non-hydrogen) atoms. The van der Waals surface area contributed by atoms with E-state index in [0.29, 0.717) is 6.42 Å². The summed E-state index contributed by atoms with van der Waals surface area (Å²) >= 11 is 3.35. The number of carbonyl (C=O) groups excluding carboxylic acids is 1. The molecule has 1 aromatic heterocycles. The Labute approximate surface area is 105 Å². The molecule has 1 rings (SSSR count). The number of pyridine rings is 1. The topological polar surface area (TPSA) is 42.0 Å². The van der Waals surface area contributed by atoms with Gasteiger partial charge >= 0.3 is 0 Å². The summed E-state index contributed by atoms with van der Waals surface area (Å²) in [4.78, 5) is 15.5. The van der Waals surface area contributed by atoms with Crippen LogP contribution in [-0.2, 0) is 4.79 Å². The van der Waals surface area contributed by atoms with Crippen LogP contribution >= 0.6 is 15.9 Å². The smallest absolute Gasteiger partial charge is 0.220 e. The summed E-state index contributed by atoms with van der Waals surface area (Å²) in [6.45, 7) is 1.98. The Morgan fingerprint density at radius 1 is 1.44 bits per heavy atom. The zero-order valence-electron chi connectivity index (χ0n) is 9.45. The molecule has 4 heteroatoms. The molecule has 1 atom stereocenters. The van der Waals surface area contributed by atoms with Crippen LogP contribution in [0.15, 0.2) is 24.5 Å². The Hall–Kier alpha value is -0.900. The molecule has 88 valence electrons. The maximum absolute atomic E-state index is 11.6. The van der Waals surface area contributed by atoms with E-state index < -0.39 is 0 Å². The van der Waals surface area contributed by atoms with E-state index in [9.17, 15) is 4.79 Å². The number of unbranched alkanes of at least 4 members (excludes halogenated alkanes) is 1. The third kappa shape index (κ3) is 4.75. The van der Waals surface area contributed by atoms with Gasteiger partial charge in [0.05, 0.1) is 6.04 Å². The van der Waals surface area contributed by atoms with Crippen LogP contribution in [0.2, 0.25) is 0 Å². The van der Waals surface area contributed by atoms with Crippen LogP contribution in [0.5, 0.6) is 0 Å². The predicted molar refractivity (Wildman–Crippen MR) is 68.4 cm³/mol. The number of carbonyl (C=O) groups is 1. The second-order valence-electron chi connectivity index (χ2n) is 3.72. The lowest BCUT2D eigenvalue weighted by Crippen LogP contribution is -2.26. The first-order valence-electron chi connectivity index (χ1n) is 5.49. The third-order valence-corrected chi connectivity index (χ3v) is 2.93. The van der Waals surface area contributed by atoms with Crippen LogP contribution in [-0.4, -0.2) is 16.2 Å². The van der Waals surface area contributed by atoms with Crippen LogP contribution in [0.1, 0.15) is 37.8 Å². The van der Waals surface area contributed by atoms with Crippen molar-refractivity contribution in [3.05, 3.63) is 30.1 Å². The molecule has 0 spiro atoms. The number of hydrogen-bond donors (Lipinski definition) is 1. The molecule has 3 nitrogen and oxygen atoms in total. The van der Waals surface area contributed by atoms with Crippen LogP contribution in [0.3, 0.4) is 0 Å². The van der Waals surface area contributed by atoms with Crippen LogP contribution < -0.4 is 5.32 Å². The van der Waals surface area contributed by atoms with Crippen molar-refractivity contribution in [1.29, 1.82) is 0 Å². The summed E-state index contributed by atoms with van der Waals surface area (Å²) in [6.07, 6.45) is 6.05. The lowest BCUT2D eigenvalue weighted by molar-refractivity contribution is -0.121. The van der Waals surface area contributed by atoms with Gasteiger partial charge < -0.3 is 5.32 Å². The molecule has 0 bridgehead atoms. The highest BCUT2D eigenvalue weighted by Crippen LogP contribution is 2.10. The largest absolute Gasteiger partial charge is 0.350 e. The Morgan fingerprint density at radius 2 is 2.12 bits per heavy atom. The standard InChI is InChI=1S/C12H17BrN2O/c1-10(11-5-8-14-9-6-11)15-12(16)4-2-3-7-13/h5-6,8-10H,2-4,7H2,1H3,(H,15,16)/t10-/m1/s1. The maximum Gasteiger partial charge on any atom is 0.220 e. The van der Waals surface area contributed by atoms with Gasteiger partial charge in [0, 0.05) is 24.1 Å². The van der Waals surface area contributed by atoms with Gasteiger partial charge in [-0.15, -0.1) is 0 Å². The van der Waals surface area contributed by atoms with Crippen molar-refractivity contribution in [2.24, 2.45) is 0 Å². The minimum atomic E-state index is 0.0551. The van der Waals surface area contributed by atoms with E-state index in [1.54, 1.807) is 12.4 Å². The van der Waals surface area contributed by atoms with Gasteiger partial charge in [-0.05, 0) is 37.5 Å². The van der Waals surface area contributed by atoms with E-state index in [1.165, 1.54) is 0 Å². The van der Waals surface area contributed by atoms with Crippen LogP contribution in [0.4, 0.5) is 0 Å². The Bertz CT molecular complexity index is 316. The molecule has 0 radical (unpaired) electrons. The highest BCUT2D eigenvalue weighted by molar-refractivity contribution is 9.09. The number of aromatic nitrogens is 1. The SMILES string of the molecule is C[C@@H](NC(=O)CCCCBr)c1ccncc1. The number of rotatable bonds is 6. The fourth-order valence-electron chi connectivity index (χ4n) is 1.43. The molecule has 1 N–H and O–H groups in total. The van der Waals surface area contributed by atoms with Gasteiger partial charge in [-0.3, -0.25) is 9.78 Å². The highest BCUT2D eigenvalue weighted by Gasteiger charge is 2.08. The Kier molecular flexibility index (Phi) is 6.08. The van der Waals surface area contributed by atoms with Crippen LogP contribution in [0.25, 0.3) is 0 Å². The lowest BCUT2D eigenvalue weighted by atomic mass is 10.1. The number of nitrogens with one attached hydrogen (secondary N) is 1. The van der Waals surface area contributed by atoms with E-state index in [4.69, 9.17) is 0 Å². The van der Waals surface area contributed by atoms with Crippen molar-refractivity contribution in [2.75, 3.05) is 5.33 Å². The van der Waals surface area contributed by atoms with Crippen molar-refractivity contribution in [3.8, 4) is 0 Å². The molecular formula is C12H17BrN2O. The molecule has 1 amide bonds. The second kappa shape index (κ2) is 7.39. The molecule has 0 aliphatic heterocycles. The average molecular weight is 285 g/mol.